The van der Waals surface area contributed by atoms with Crippen LogP contribution >= 0.6 is 0 Å². The van der Waals surface area contributed by atoms with Crippen LogP contribution < -0.4 is 5.32 Å². The lowest BCUT2D eigenvalue weighted by atomic mass is 9.95. The minimum atomic E-state index is -0.205. The maximum absolute atomic E-state index is 11.6. The fourth-order valence-electron chi connectivity index (χ4n) is 2.15. The third kappa shape index (κ3) is 3.47. The molecule has 20 heavy (non-hydrogen) atoms. The number of benzene rings is 1. The fourth-order valence-corrected chi connectivity index (χ4v) is 2.15. The Morgan fingerprint density at radius 2 is 2.00 bits per heavy atom. The highest BCUT2D eigenvalue weighted by atomic mass is 16.3. The van der Waals surface area contributed by atoms with E-state index in [0.29, 0.717) is 17.7 Å². The summed E-state index contributed by atoms with van der Waals surface area (Å²) >= 11 is 0. The van der Waals surface area contributed by atoms with Gasteiger partial charge in [-0.2, -0.15) is 0 Å². The summed E-state index contributed by atoms with van der Waals surface area (Å²) in [6.45, 7) is 6.68. The number of amides is 1. The molecule has 0 spiro atoms. The number of phenols is 1. The van der Waals surface area contributed by atoms with Gasteiger partial charge in [0.05, 0.1) is 11.3 Å². The van der Waals surface area contributed by atoms with Crippen LogP contribution in [0.2, 0.25) is 0 Å². The van der Waals surface area contributed by atoms with Gasteiger partial charge in [0.25, 0.3) is 0 Å². The average molecular weight is 275 g/mol. The molecule has 2 N–H and O–H groups in total. The van der Waals surface area contributed by atoms with E-state index in [2.05, 4.69) is 5.32 Å². The first-order valence-corrected chi connectivity index (χ1v) is 6.72. The van der Waals surface area contributed by atoms with Crippen molar-refractivity contribution in [3.8, 4) is 5.75 Å². The van der Waals surface area contributed by atoms with Crippen LogP contribution in [0.1, 0.15) is 55.6 Å². The Bertz CT molecular complexity index is 559. The summed E-state index contributed by atoms with van der Waals surface area (Å²) in [6, 6.07) is 1.61. The van der Waals surface area contributed by atoms with E-state index in [-0.39, 0.29) is 23.0 Å². The topological polar surface area (TPSA) is 66.4 Å². The summed E-state index contributed by atoms with van der Waals surface area (Å²) in [4.78, 5) is 23.0. The molecule has 0 aliphatic heterocycles. The standard InChI is InChI=1S/C16H21NO3/c1-5-7-12-9-14(10(3)18)16(20)13(8-6-2)15(12)17-11(4)19/h5,7,9,20H,6,8H2,1-4H3,(H,17,19)/b7-5+. The van der Waals surface area contributed by atoms with Crippen molar-refractivity contribution in [2.75, 3.05) is 5.32 Å². The summed E-state index contributed by atoms with van der Waals surface area (Å²) in [6.07, 6.45) is 5.04. The van der Waals surface area contributed by atoms with Crippen molar-refractivity contribution in [2.24, 2.45) is 0 Å². The molecule has 0 radical (unpaired) electrons. The molecule has 4 heteroatoms. The van der Waals surface area contributed by atoms with Crippen LogP contribution in [0.5, 0.6) is 5.75 Å². The first-order valence-electron chi connectivity index (χ1n) is 6.72. The Labute approximate surface area is 119 Å². The first-order chi connectivity index (χ1) is 9.42. The van der Waals surface area contributed by atoms with Gasteiger partial charge in [0.2, 0.25) is 5.91 Å². The zero-order chi connectivity index (χ0) is 15.3. The van der Waals surface area contributed by atoms with Crippen LogP contribution in [0.3, 0.4) is 0 Å². The molecule has 1 aromatic rings. The van der Waals surface area contributed by atoms with Crippen molar-refractivity contribution in [3.63, 3.8) is 0 Å². The van der Waals surface area contributed by atoms with Crippen molar-refractivity contribution in [1.82, 2.24) is 0 Å². The number of phenolic OH excluding ortho intramolecular Hbond substituents is 1. The molecule has 108 valence electrons. The summed E-state index contributed by atoms with van der Waals surface area (Å²) in [5, 5.41) is 13.0. The van der Waals surface area contributed by atoms with Crippen molar-refractivity contribution in [3.05, 3.63) is 28.8 Å². The number of carbonyl (C=O) groups is 2. The number of aromatic hydroxyl groups is 1. The summed E-state index contributed by atoms with van der Waals surface area (Å²) < 4.78 is 0. The molecule has 0 atom stereocenters. The highest BCUT2D eigenvalue weighted by molar-refractivity contribution is 6.01. The first kappa shape index (κ1) is 16.0. The number of rotatable bonds is 5. The molecule has 0 aliphatic carbocycles. The number of nitrogens with one attached hydrogen (secondary N) is 1. The van der Waals surface area contributed by atoms with E-state index in [4.69, 9.17) is 0 Å². The zero-order valence-electron chi connectivity index (χ0n) is 12.4. The van der Waals surface area contributed by atoms with Gasteiger partial charge < -0.3 is 10.4 Å². The molecule has 1 amide bonds. The Morgan fingerprint density at radius 1 is 1.35 bits per heavy atom. The third-order valence-corrected chi connectivity index (χ3v) is 2.96. The molecule has 0 saturated heterocycles. The normalized spacial score (nSPS) is 10.8. The monoisotopic (exact) mass is 275 g/mol. The van der Waals surface area contributed by atoms with Crippen LogP contribution in [-0.2, 0) is 11.2 Å². The van der Waals surface area contributed by atoms with E-state index < -0.39 is 0 Å². The average Bonchev–Trinajstić information content (AvgIpc) is 2.36. The van der Waals surface area contributed by atoms with Crippen LogP contribution in [0.15, 0.2) is 12.1 Å². The van der Waals surface area contributed by atoms with Gasteiger partial charge in [0.1, 0.15) is 5.75 Å². The second-order valence-corrected chi connectivity index (χ2v) is 4.70. The zero-order valence-corrected chi connectivity index (χ0v) is 12.4. The Hall–Kier alpha value is -2.10. The Kier molecular flexibility index (Phi) is 5.50. The van der Waals surface area contributed by atoms with Gasteiger partial charge in [0.15, 0.2) is 5.78 Å². The van der Waals surface area contributed by atoms with Crippen LogP contribution in [0.25, 0.3) is 6.08 Å². The molecule has 0 aromatic heterocycles. The molecule has 1 aromatic carbocycles. The second-order valence-electron chi connectivity index (χ2n) is 4.70. The molecule has 1 rings (SSSR count). The number of Topliss-reactive ketones (excluding diaryl/α,β-unsaturated/α-hetero) is 1. The number of hydrogen-bond donors (Lipinski definition) is 2. The highest BCUT2D eigenvalue weighted by Crippen LogP contribution is 2.35. The van der Waals surface area contributed by atoms with Gasteiger partial charge in [0, 0.05) is 12.5 Å². The van der Waals surface area contributed by atoms with Crippen molar-refractivity contribution >= 4 is 23.5 Å². The Morgan fingerprint density at radius 3 is 2.45 bits per heavy atom. The minimum Gasteiger partial charge on any atom is -0.507 e. The van der Waals surface area contributed by atoms with E-state index in [1.807, 2.05) is 26.0 Å². The molecule has 0 aliphatic rings. The molecule has 0 unspecified atom stereocenters. The fraction of sp³-hybridized carbons (Fsp3) is 0.375. The predicted octanol–water partition coefficient (Wildman–Crippen LogP) is 3.54. The lowest BCUT2D eigenvalue weighted by molar-refractivity contribution is -0.114. The smallest absolute Gasteiger partial charge is 0.221 e. The quantitative estimate of drug-likeness (QED) is 0.808. The van der Waals surface area contributed by atoms with Gasteiger partial charge >= 0.3 is 0 Å². The maximum atomic E-state index is 11.6. The van der Waals surface area contributed by atoms with Crippen LogP contribution in [0, 0.1) is 0 Å². The highest BCUT2D eigenvalue weighted by Gasteiger charge is 2.19. The van der Waals surface area contributed by atoms with Crippen molar-refractivity contribution < 1.29 is 14.7 Å². The molecular formula is C16H21NO3. The summed E-state index contributed by atoms with van der Waals surface area (Å²) in [7, 11) is 0. The SMILES string of the molecule is C/C=C/c1cc(C(C)=O)c(O)c(CCC)c1NC(C)=O. The molecular weight excluding hydrogens is 254 g/mol. The van der Waals surface area contributed by atoms with Crippen molar-refractivity contribution in [2.45, 2.75) is 40.5 Å². The lowest BCUT2D eigenvalue weighted by Gasteiger charge is -2.17. The molecule has 4 nitrogen and oxygen atoms in total. The summed E-state index contributed by atoms with van der Waals surface area (Å²) in [5.74, 6) is -0.431. The number of carbonyl (C=O) groups excluding carboxylic acids is 2. The number of anilines is 1. The molecule has 0 bridgehead atoms. The molecule has 0 saturated carbocycles. The second kappa shape index (κ2) is 6.89. The van der Waals surface area contributed by atoms with Gasteiger partial charge in [-0.05, 0) is 31.9 Å². The van der Waals surface area contributed by atoms with Crippen LogP contribution in [0.4, 0.5) is 5.69 Å². The van der Waals surface area contributed by atoms with E-state index in [9.17, 15) is 14.7 Å². The van der Waals surface area contributed by atoms with Crippen molar-refractivity contribution in [1.29, 1.82) is 0 Å². The van der Waals surface area contributed by atoms with Gasteiger partial charge in [-0.15, -0.1) is 0 Å². The maximum Gasteiger partial charge on any atom is 0.221 e. The van der Waals surface area contributed by atoms with E-state index >= 15 is 0 Å². The minimum absolute atomic E-state index is 0.0312. The van der Waals surface area contributed by atoms with Gasteiger partial charge in [-0.25, -0.2) is 0 Å². The Balaban J connectivity index is 3.62. The van der Waals surface area contributed by atoms with E-state index in [1.54, 1.807) is 6.07 Å². The number of allylic oxidation sites excluding steroid dienone is 1. The number of ketones is 1. The van der Waals surface area contributed by atoms with Crippen LogP contribution in [-0.4, -0.2) is 16.8 Å². The molecule has 0 heterocycles. The number of hydrogen-bond acceptors (Lipinski definition) is 3. The van der Waals surface area contributed by atoms with Gasteiger partial charge in [-0.1, -0.05) is 25.5 Å². The van der Waals surface area contributed by atoms with Gasteiger partial charge in [-0.3, -0.25) is 9.59 Å². The molecule has 0 fully saturated rings. The lowest BCUT2D eigenvalue weighted by Crippen LogP contribution is -2.11. The third-order valence-electron chi connectivity index (χ3n) is 2.96. The van der Waals surface area contributed by atoms with E-state index in [1.165, 1.54) is 13.8 Å². The largest absolute Gasteiger partial charge is 0.507 e. The summed E-state index contributed by atoms with van der Waals surface area (Å²) in [5.41, 5.74) is 2.22. The van der Waals surface area contributed by atoms with E-state index in [0.717, 1.165) is 12.0 Å². The predicted molar refractivity (Wildman–Crippen MR) is 81.1 cm³/mol.